The minimum Gasteiger partial charge on any atom is -0.340 e. The number of likely N-dealkylation sites (tertiary alicyclic amines) is 1. The van der Waals surface area contributed by atoms with Crippen LogP contribution in [0.5, 0.6) is 0 Å². The van der Waals surface area contributed by atoms with Gasteiger partial charge in [0.2, 0.25) is 5.91 Å². The summed E-state index contributed by atoms with van der Waals surface area (Å²) >= 11 is 1.59. The largest absolute Gasteiger partial charge is 0.340 e. The summed E-state index contributed by atoms with van der Waals surface area (Å²) in [6.07, 6.45) is 10.3. The van der Waals surface area contributed by atoms with Crippen molar-refractivity contribution in [3.63, 3.8) is 0 Å². The van der Waals surface area contributed by atoms with E-state index in [0.29, 0.717) is 12.5 Å². The van der Waals surface area contributed by atoms with Crippen molar-refractivity contribution in [1.29, 1.82) is 0 Å². The molecule has 120 valence electrons. The third-order valence-electron chi connectivity index (χ3n) is 4.48. The maximum atomic E-state index is 12.6. The summed E-state index contributed by atoms with van der Waals surface area (Å²) < 4.78 is 4.16. The normalized spacial score (nSPS) is 18.7. The molecular weight excluding hydrogens is 310 g/mol. The van der Waals surface area contributed by atoms with E-state index < -0.39 is 0 Å². The molecule has 1 unspecified atom stereocenters. The predicted molar refractivity (Wildman–Crippen MR) is 88.6 cm³/mol. The van der Waals surface area contributed by atoms with E-state index in [2.05, 4.69) is 14.5 Å². The molecule has 0 bridgehead atoms. The number of thiazole rings is 1. The zero-order valence-electron chi connectivity index (χ0n) is 13.1. The van der Waals surface area contributed by atoms with Gasteiger partial charge in [0, 0.05) is 43.3 Å². The molecular formula is C16H19N5OS. The molecule has 6 nitrogen and oxygen atoms in total. The number of carbonyl (C=O) groups excluding carboxylic acids is 1. The highest BCUT2D eigenvalue weighted by Gasteiger charge is 2.25. The molecule has 1 aliphatic rings. The number of hydrogen-bond donors (Lipinski definition) is 0. The first-order valence-corrected chi connectivity index (χ1v) is 8.77. The molecule has 1 saturated heterocycles. The van der Waals surface area contributed by atoms with Crippen molar-refractivity contribution in [2.45, 2.75) is 32.2 Å². The third-order valence-corrected chi connectivity index (χ3v) is 5.25. The lowest BCUT2D eigenvalue weighted by atomic mass is 10.0. The molecule has 1 atom stereocenters. The number of piperidine rings is 1. The summed E-state index contributed by atoms with van der Waals surface area (Å²) in [4.78, 5) is 24.3. The molecule has 0 spiro atoms. The van der Waals surface area contributed by atoms with Crippen molar-refractivity contribution in [3.8, 4) is 0 Å². The topological polar surface area (TPSA) is 55.4 Å². The number of hydrogen-bond acceptors (Lipinski definition) is 4. The van der Waals surface area contributed by atoms with Gasteiger partial charge in [-0.25, -0.2) is 9.97 Å². The first-order chi connectivity index (χ1) is 11.2. The van der Waals surface area contributed by atoms with E-state index in [4.69, 9.17) is 0 Å². The summed E-state index contributed by atoms with van der Waals surface area (Å²) in [5.74, 6) is 1.18. The molecule has 3 aromatic heterocycles. The number of amides is 1. The Bertz CT molecular complexity index is 804. The van der Waals surface area contributed by atoms with E-state index >= 15 is 0 Å². The second-order valence-electron chi connectivity index (χ2n) is 6.02. The Morgan fingerprint density at radius 3 is 3.13 bits per heavy atom. The van der Waals surface area contributed by atoms with Crippen molar-refractivity contribution in [2.75, 3.05) is 13.1 Å². The van der Waals surface area contributed by atoms with E-state index in [9.17, 15) is 4.79 Å². The van der Waals surface area contributed by atoms with Gasteiger partial charge in [-0.05, 0) is 19.8 Å². The van der Waals surface area contributed by atoms with Crippen LogP contribution in [0.2, 0.25) is 0 Å². The highest BCUT2D eigenvalue weighted by atomic mass is 32.1. The molecule has 3 aromatic rings. The monoisotopic (exact) mass is 329 g/mol. The Labute approximate surface area is 138 Å². The van der Waals surface area contributed by atoms with Gasteiger partial charge in [-0.1, -0.05) is 0 Å². The average molecular weight is 329 g/mol. The van der Waals surface area contributed by atoms with Crippen LogP contribution in [-0.2, 0) is 11.2 Å². The van der Waals surface area contributed by atoms with Gasteiger partial charge in [-0.2, -0.15) is 0 Å². The van der Waals surface area contributed by atoms with Crippen LogP contribution >= 0.6 is 11.3 Å². The molecule has 0 saturated carbocycles. The van der Waals surface area contributed by atoms with E-state index in [1.54, 1.807) is 11.3 Å². The van der Waals surface area contributed by atoms with E-state index in [1.165, 1.54) is 0 Å². The summed E-state index contributed by atoms with van der Waals surface area (Å²) in [6.45, 7) is 3.61. The van der Waals surface area contributed by atoms with Crippen LogP contribution in [0.1, 0.15) is 30.4 Å². The lowest BCUT2D eigenvalue weighted by Gasteiger charge is -2.33. The molecule has 4 heterocycles. The number of imidazole rings is 2. The van der Waals surface area contributed by atoms with Gasteiger partial charge >= 0.3 is 0 Å². The summed E-state index contributed by atoms with van der Waals surface area (Å²) in [5, 5.41) is 2.00. The first kappa shape index (κ1) is 14.4. The van der Waals surface area contributed by atoms with Gasteiger partial charge in [0.05, 0.1) is 18.2 Å². The summed E-state index contributed by atoms with van der Waals surface area (Å²) in [7, 11) is 0. The van der Waals surface area contributed by atoms with Crippen LogP contribution in [0.4, 0.5) is 0 Å². The minimum atomic E-state index is 0.165. The number of nitrogens with zero attached hydrogens (tertiary/aromatic N) is 5. The molecule has 0 aromatic carbocycles. The number of carbonyl (C=O) groups is 1. The molecule has 4 rings (SSSR count). The molecule has 23 heavy (non-hydrogen) atoms. The van der Waals surface area contributed by atoms with Gasteiger partial charge in [0.1, 0.15) is 5.82 Å². The van der Waals surface area contributed by atoms with Gasteiger partial charge in [-0.3, -0.25) is 9.20 Å². The number of rotatable bonds is 3. The highest BCUT2D eigenvalue weighted by Crippen LogP contribution is 2.23. The molecule has 0 radical (unpaired) electrons. The van der Waals surface area contributed by atoms with Crippen molar-refractivity contribution in [1.82, 2.24) is 23.8 Å². The molecule has 1 aliphatic heterocycles. The van der Waals surface area contributed by atoms with E-state index in [0.717, 1.165) is 42.4 Å². The van der Waals surface area contributed by atoms with Gasteiger partial charge in [0.25, 0.3) is 0 Å². The Kier molecular flexibility index (Phi) is 3.65. The fraction of sp³-hybridized carbons (Fsp3) is 0.438. The maximum absolute atomic E-state index is 12.6. The number of aryl methyl sites for hydroxylation is 1. The Hall–Kier alpha value is -2.15. The molecule has 7 heteroatoms. The lowest BCUT2D eigenvalue weighted by molar-refractivity contribution is -0.132. The fourth-order valence-corrected chi connectivity index (χ4v) is 4.03. The average Bonchev–Trinajstić information content (AvgIpc) is 3.23. The van der Waals surface area contributed by atoms with Crippen LogP contribution in [-0.4, -0.2) is 42.8 Å². The highest BCUT2D eigenvalue weighted by molar-refractivity contribution is 7.15. The Morgan fingerprint density at radius 2 is 2.35 bits per heavy atom. The van der Waals surface area contributed by atoms with Crippen LogP contribution < -0.4 is 0 Å². The van der Waals surface area contributed by atoms with Crippen LogP contribution in [0.3, 0.4) is 0 Å². The van der Waals surface area contributed by atoms with Crippen LogP contribution in [0.25, 0.3) is 4.96 Å². The maximum Gasteiger partial charge on any atom is 0.228 e. The lowest BCUT2D eigenvalue weighted by Crippen LogP contribution is -2.41. The molecule has 1 fully saturated rings. The standard InChI is InChI=1S/C16H19N5OS/c1-12-17-4-6-21(12)14-3-2-5-19(11-14)15(22)9-13-10-20-7-8-23-16(20)18-13/h4,6-8,10,14H,2-3,5,9,11H2,1H3. The quantitative estimate of drug-likeness (QED) is 0.741. The SMILES string of the molecule is Cc1nccn1C1CCCN(C(=O)Cc2cn3ccsc3n2)C1. The third kappa shape index (κ3) is 2.76. The van der Waals surface area contributed by atoms with Crippen molar-refractivity contribution >= 4 is 22.2 Å². The van der Waals surface area contributed by atoms with Crippen LogP contribution in [0, 0.1) is 6.92 Å². The van der Waals surface area contributed by atoms with Crippen molar-refractivity contribution in [2.24, 2.45) is 0 Å². The summed E-state index contributed by atoms with van der Waals surface area (Å²) in [6, 6.07) is 0.334. The smallest absolute Gasteiger partial charge is 0.228 e. The van der Waals surface area contributed by atoms with Crippen molar-refractivity contribution in [3.05, 3.63) is 41.7 Å². The van der Waals surface area contributed by atoms with Gasteiger partial charge < -0.3 is 9.47 Å². The van der Waals surface area contributed by atoms with Crippen molar-refractivity contribution < 1.29 is 4.79 Å². The van der Waals surface area contributed by atoms with Crippen LogP contribution in [0.15, 0.2) is 30.2 Å². The van der Waals surface area contributed by atoms with Gasteiger partial charge in [-0.15, -0.1) is 11.3 Å². The zero-order chi connectivity index (χ0) is 15.8. The zero-order valence-corrected chi connectivity index (χ0v) is 13.9. The fourth-order valence-electron chi connectivity index (χ4n) is 3.31. The van der Waals surface area contributed by atoms with E-state index in [1.807, 2.05) is 46.4 Å². The first-order valence-electron chi connectivity index (χ1n) is 7.89. The second-order valence-corrected chi connectivity index (χ2v) is 6.89. The Balaban J connectivity index is 1.45. The molecule has 0 aliphatic carbocycles. The second kappa shape index (κ2) is 5.81. The molecule has 0 N–H and O–H groups in total. The molecule has 1 amide bonds. The van der Waals surface area contributed by atoms with E-state index in [-0.39, 0.29) is 5.91 Å². The number of aromatic nitrogens is 4. The Morgan fingerprint density at radius 1 is 1.43 bits per heavy atom. The summed E-state index contributed by atoms with van der Waals surface area (Å²) in [5.41, 5.74) is 0.850. The van der Waals surface area contributed by atoms with Gasteiger partial charge in [0.15, 0.2) is 4.96 Å². The minimum absolute atomic E-state index is 0.165. The number of fused-ring (bicyclic) bond motifs is 1. The predicted octanol–water partition coefficient (Wildman–Crippen LogP) is 2.31.